The Morgan fingerprint density at radius 1 is 1.11 bits per heavy atom. The molecule has 0 aliphatic carbocycles. The molecule has 0 fully saturated rings. The Morgan fingerprint density at radius 2 is 1.85 bits per heavy atom. The maximum atomic E-state index is 12.7. The fourth-order valence-electron chi connectivity index (χ4n) is 2.63. The molecule has 3 aromatic rings. The van der Waals surface area contributed by atoms with E-state index in [0.29, 0.717) is 28.2 Å². The van der Waals surface area contributed by atoms with Crippen molar-refractivity contribution in [2.24, 2.45) is 5.92 Å². The molecule has 1 aromatic heterocycles. The molecule has 0 spiro atoms. The smallest absolute Gasteiger partial charge is 0.258 e. The van der Waals surface area contributed by atoms with Gasteiger partial charge in [0.05, 0.1) is 10.9 Å². The van der Waals surface area contributed by atoms with Gasteiger partial charge in [0.1, 0.15) is 17.6 Å². The van der Waals surface area contributed by atoms with Gasteiger partial charge in [-0.3, -0.25) is 9.59 Å². The van der Waals surface area contributed by atoms with Crippen molar-refractivity contribution in [3.63, 3.8) is 0 Å². The predicted molar refractivity (Wildman–Crippen MR) is 106 cm³/mol. The van der Waals surface area contributed by atoms with Crippen LogP contribution in [0.1, 0.15) is 20.8 Å². The lowest BCUT2D eigenvalue weighted by Gasteiger charge is -2.17. The summed E-state index contributed by atoms with van der Waals surface area (Å²) < 4.78 is 11.2. The third-order valence-electron chi connectivity index (χ3n) is 4.59. The van der Waals surface area contributed by atoms with Gasteiger partial charge in [-0.1, -0.05) is 44.2 Å². The van der Waals surface area contributed by atoms with Gasteiger partial charge in [-0.15, -0.1) is 0 Å². The van der Waals surface area contributed by atoms with Crippen LogP contribution in [0.15, 0.2) is 64.0 Å². The molecule has 5 heteroatoms. The van der Waals surface area contributed by atoms with Gasteiger partial charge in [-0.25, -0.2) is 0 Å². The largest absolute Gasteiger partial charge is 0.484 e. The molecular formula is C22H23NO4. The number of benzene rings is 2. The van der Waals surface area contributed by atoms with Gasteiger partial charge in [0, 0.05) is 12.1 Å². The lowest BCUT2D eigenvalue weighted by atomic mass is 10.1. The molecule has 1 N–H and O–H groups in total. The molecule has 2 aromatic carbocycles. The highest BCUT2D eigenvalue weighted by Gasteiger charge is 2.13. The minimum Gasteiger partial charge on any atom is -0.484 e. The lowest BCUT2D eigenvalue weighted by Crippen LogP contribution is -2.38. The summed E-state index contributed by atoms with van der Waals surface area (Å²) in [6.45, 7) is 5.95. The average Bonchev–Trinajstić information content (AvgIpc) is 2.67. The normalized spacial score (nSPS) is 12.1. The maximum absolute atomic E-state index is 12.7. The molecule has 0 bridgehead atoms. The molecular weight excluding hydrogens is 342 g/mol. The first-order valence-electron chi connectivity index (χ1n) is 8.99. The van der Waals surface area contributed by atoms with E-state index < -0.39 is 0 Å². The summed E-state index contributed by atoms with van der Waals surface area (Å²) in [5.41, 5.74) is 1.65. The van der Waals surface area contributed by atoms with Crippen LogP contribution in [0.4, 0.5) is 0 Å². The number of ether oxygens (including phenoxy) is 1. The third-order valence-corrected chi connectivity index (χ3v) is 4.59. The van der Waals surface area contributed by atoms with E-state index >= 15 is 0 Å². The molecule has 0 radical (unpaired) electrons. The fourth-order valence-corrected chi connectivity index (χ4v) is 2.63. The van der Waals surface area contributed by atoms with Crippen molar-refractivity contribution in [1.29, 1.82) is 0 Å². The second kappa shape index (κ2) is 8.08. The van der Waals surface area contributed by atoms with E-state index in [9.17, 15) is 9.59 Å². The number of fused-ring (bicyclic) bond motifs is 1. The molecule has 5 nitrogen and oxygen atoms in total. The van der Waals surface area contributed by atoms with Gasteiger partial charge >= 0.3 is 0 Å². The Kier molecular flexibility index (Phi) is 5.60. The van der Waals surface area contributed by atoms with Gasteiger partial charge in [0.25, 0.3) is 5.91 Å². The second-order valence-corrected chi connectivity index (χ2v) is 6.89. The molecule has 0 saturated carbocycles. The van der Waals surface area contributed by atoms with Crippen LogP contribution in [0.2, 0.25) is 0 Å². The standard InChI is InChI=1S/C22H23NO4/c1-14(2)15(3)23-21(24)13-26-17-9-10-18-20(11-17)27-12-19(22(18)25)16-7-5-4-6-8-16/h4-12,14-15H,13H2,1-3H3,(H,23,24)/t15-/m1/s1. The summed E-state index contributed by atoms with van der Waals surface area (Å²) >= 11 is 0. The fraction of sp³-hybridized carbons (Fsp3) is 0.273. The second-order valence-electron chi connectivity index (χ2n) is 6.89. The molecule has 0 unspecified atom stereocenters. The number of carbonyl (C=O) groups is 1. The molecule has 27 heavy (non-hydrogen) atoms. The number of nitrogens with one attached hydrogen (secondary N) is 1. The van der Waals surface area contributed by atoms with Crippen molar-refractivity contribution in [2.75, 3.05) is 6.61 Å². The van der Waals surface area contributed by atoms with Gasteiger partial charge in [0.15, 0.2) is 12.0 Å². The Hall–Kier alpha value is -3.08. The molecule has 140 valence electrons. The first-order chi connectivity index (χ1) is 13.0. The molecule has 1 atom stereocenters. The summed E-state index contributed by atoms with van der Waals surface area (Å²) in [5, 5.41) is 3.36. The van der Waals surface area contributed by atoms with Gasteiger partial charge < -0.3 is 14.5 Å². The summed E-state index contributed by atoms with van der Waals surface area (Å²) in [5.74, 6) is 0.644. The van der Waals surface area contributed by atoms with E-state index in [4.69, 9.17) is 9.15 Å². The van der Waals surface area contributed by atoms with Crippen LogP contribution < -0.4 is 15.5 Å². The highest BCUT2D eigenvalue weighted by atomic mass is 16.5. The lowest BCUT2D eigenvalue weighted by molar-refractivity contribution is -0.124. The zero-order valence-corrected chi connectivity index (χ0v) is 15.7. The van der Waals surface area contributed by atoms with Crippen LogP contribution in [0, 0.1) is 5.92 Å². The first-order valence-corrected chi connectivity index (χ1v) is 8.99. The Bertz CT molecular complexity index is 992. The maximum Gasteiger partial charge on any atom is 0.258 e. The van der Waals surface area contributed by atoms with E-state index in [1.165, 1.54) is 6.26 Å². The Balaban J connectivity index is 1.77. The molecule has 0 saturated heterocycles. The zero-order chi connectivity index (χ0) is 19.4. The minimum absolute atomic E-state index is 0.0760. The Morgan fingerprint density at radius 3 is 2.56 bits per heavy atom. The van der Waals surface area contributed by atoms with Crippen LogP contribution in [0.3, 0.4) is 0 Å². The molecule has 0 aliphatic heterocycles. The van der Waals surface area contributed by atoms with Crippen LogP contribution >= 0.6 is 0 Å². The molecule has 1 heterocycles. The topological polar surface area (TPSA) is 68.5 Å². The van der Waals surface area contributed by atoms with Crippen LogP contribution in [-0.4, -0.2) is 18.6 Å². The van der Waals surface area contributed by atoms with Crippen molar-refractivity contribution in [3.05, 3.63) is 65.0 Å². The monoisotopic (exact) mass is 365 g/mol. The van der Waals surface area contributed by atoms with Crippen molar-refractivity contribution in [1.82, 2.24) is 5.32 Å². The third kappa shape index (κ3) is 4.37. The van der Waals surface area contributed by atoms with Gasteiger partial charge in [0.2, 0.25) is 0 Å². The van der Waals surface area contributed by atoms with E-state index in [1.54, 1.807) is 18.2 Å². The summed E-state index contributed by atoms with van der Waals surface area (Å²) in [7, 11) is 0. The first kappa shape index (κ1) is 18.7. The number of carbonyl (C=O) groups excluding carboxylic acids is 1. The molecule has 3 rings (SSSR count). The summed E-state index contributed by atoms with van der Waals surface area (Å²) in [6, 6.07) is 14.4. The van der Waals surface area contributed by atoms with E-state index in [-0.39, 0.29) is 24.0 Å². The predicted octanol–water partition coefficient (Wildman–Crippen LogP) is 4.00. The Labute approximate surface area is 158 Å². The van der Waals surface area contributed by atoms with Gasteiger partial charge in [-0.2, -0.15) is 0 Å². The number of amides is 1. The number of rotatable bonds is 6. The van der Waals surface area contributed by atoms with E-state index in [0.717, 1.165) is 5.56 Å². The van der Waals surface area contributed by atoms with Gasteiger partial charge in [-0.05, 0) is 30.5 Å². The van der Waals surface area contributed by atoms with Crippen LogP contribution in [-0.2, 0) is 4.79 Å². The molecule has 1 amide bonds. The van der Waals surface area contributed by atoms with Crippen molar-refractivity contribution in [3.8, 4) is 16.9 Å². The van der Waals surface area contributed by atoms with Crippen molar-refractivity contribution >= 4 is 16.9 Å². The summed E-state index contributed by atoms with van der Waals surface area (Å²) in [6.07, 6.45) is 1.46. The number of hydrogen-bond acceptors (Lipinski definition) is 4. The molecule has 0 aliphatic rings. The highest BCUT2D eigenvalue weighted by Crippen LogP contribution is 2.23. The zero-order valence-electron chi connectivity index (χ0n) is 15.7. The SMILES string of the molecule is CC(C)[C@@H](C)NC(=O)COc1ccc2c(=O)c(-c3ccccc3)coc2c1. The quantitative estimate of drug-likeness (QED) is 0.717. The van der Waals surface area contributed by atoms with Crippen LogP contribution in [0.25, 0.3) is 22.1 Å². The average molecular weight is 365 g/mol. The minimum atomic E-state index is -0.183. The number of hydrogen-bond donors (Lipinski definition) is 1. The van der Waals surface area contributed by atoms with Crippen molar-refractivity contribution in [2.45, 2.75) is 26.8 Å². The summed E-state index contributed by atoms with van der Waals surface area (Å²) in [4.78, 5) is 24.7. The highest BCUT2D eigenvalue weighted by molar-refractivity contribution is 5.83. The van der Waals surface area contributed by atoms with E-state index in [1.807, 2.05) is 51.1 Å². The van der Waals surface area contributed by atoms with Crippen molar-refractivity contribution < 1.29 is 13.9 Å². The van der Waals surface area contributed by atoms with Crippen LogP contribution in [0.5, 0.6) is 5.75 Å². The van der Waals surface area contributed by atoms with E-state index in [2.05, 4.69) is 5.32 Å².